The summed E-state index contributed by atoms with van der Waals surface area (Å²) in [5, 5.41) is 7.79. The summed E-state index contributed by atoms with van der Waals surface area (Å²) < 4.78 is 33.0. The molecule has 0 aliphatic carbocycles. The average molecular weight is 373 g/mol. The Bertz CT molecular complexity index is 1010. The van der Waals surface area contributed by atoms with E-state index < -0.39 is 10.0 Å². The molecule has 1 aromatic heterocycles. The van der Waals surface area contributed by atoms with Crippen LogP contribution in [0.2, 0.25) is 0 Å². The lowest BCUT2D eigenvalue weighted by molar-refractivity contribution is 0.305. The van der Waals surface area contributed by atoms with Crippen molar-refractivity contribution in [2.24, 2.45) is 0 Å². The van der Waals surface area contributed by atoms with Crippen LogP contribution in [0, 0.1) is 0 Å². The third-order valence-corrected chi connectivity index (χ3v) is 5.78. The molecule has 0 saturated carbocycles. The summed E-state index contributed by atoms with van der Waals surface area (Å²) in [6.07, 6.45) is 2.01. The SMILES string of the molecule is CCCCOc1ccc(S(=O)(=O)n2nnc3ccccc32)cc1C(C)C. The van der Waals surface area contributed by atoms with E-state index in [-0.39, 0.29) is 10.8 Å². The van der Waals surface area contributed by atoms with E-state index in [2.05, 4.69) is 17.2 Å². The number of unbranched alkanes of at least 4 members (excludes halogenated alkanes) is 1. The summed E-state index contributed by atoms with van der Waals surface area (Å²) in [6, 6.07) is 12.0. The number of fused-ring (bicyclic) bond motifs is 1. The van der Waals surface area contributed by atoms with Crippen LogP contribution in [-0.2, 0) is 10.0 Å². The molecule has 0 N–H and O–H groups in total. The number of aromatic nitrogens is 3. The topological polar surface area (TPSA) is 74.1 Å². The van der Waals surface area contributed by atoms with Gasteiger partial charge in [0.1, 0.15) is 16.8 Å². The molecule has 0 saturated heterocycles. The Labute approximate surface area is 153 Å². The maximum Gasteiger partial charge on any atom is 0.284 e. The van der Waals surface area contributed by atoms with Gasteiger partial charge in [0.15, 0.2) is 0 Å². The zero-order chi connectivity index (χ0) is 18.7. The van der Waals surface area contributed by atoms with Crippen LogP contribution in [0.15, 0.2) is 47.4 Å². The van der Waals surface area contributed by atoms with Crippen LogP contribution in [0.5, 0.6) is 5.75 Å². The van der Waals surface area contributed by atoms with E-state index in [4.69, 9.17) is 4.74 Å². The van der Waals surface area contributed by atoms with Gasteiger partial charge in [0.25, 0.3) is 10.0 Å². The van der Waals surface area contributed by atoms with Crippen LogP contribution < -0.4 is 4.74 Å². The first-order chi connectivity index (χ1) is 12.4. The second kappa shape index (κ2) is 7.45. The number of rotatable bonds is 7. The highest BCUT2D eigenvalue weighted by molar-refractivity contribution is 7.90. The third-order valence-electron chi connectivity index (χ3n) is 4.21. The molecule has 6 nitrogen and oxygen atoms in total. The second-order valence-corrected chi connectivity index (χ2v) is 8.25. The van der Waals surface area contributed by atoms with Crippen molar-refractivity contribution < 1.29 is 13.2 Å². The predicted octanol–water partition coefficient (Wildman–Crippen LogP) is 3.97. The summed E-state index contributed by atoms with van der Waals surface area (Å²) >= 11 is 0. The molecule has 26 heavy (non-hydrogen) atoms. The fourth-order valence-electron chi connectivity index (χ4n) is 2.72. The maximum atomic E-state index is 13.1. The van der Waals surface area contributed by atoms with Crippen LogP contribution in [0.4, 0.5) is 0 Å². The monoisotopic (exact) mass is 373 g/mol. The smallest absolute Gasteiger partial charge is 0.284 e. The Hall–Kier alpha value is -2.41. The van der Waals surface area contributed by atoms with Gasteiger partial charge in [0.05, 0.1) is 11.5 Å². The highest BCUT2D eigenvalue weighted by Crippen LogP contribution is 2.30. The van der Waals surface area contributed by atoms with E-state index in [0.29, 0.717) is 17.6 Å². The molecule has 7 heteroatoms. The molecule has 3 rings (SSSR count). The Kier molecular flexibility index (Phi) is 5.27. The highest BCUT2D eigenvalue weighted by Gasteiger charge is 2.23. The van der Waals surface area contributed by atoms with Crippen molar-refractivity contribution in [3.8, 4) is 5.75 Å². The van der Waals surface area contributed by atoms with Crippen molar-refractivity contribution in [2.45, 2.75) is 44.4 Å². The van der Waals surface area contributed by atoms with Crippen molar-refractivity contribution in [3.63, 3.8) is 0 Å². The van der Waals surface area contributed by atoms with E-state index in [0.717, 1.165) is 28.2 Å². The molecule has 0 aliphatic heterocycles. The molecule has 0 amide bonds. The molecule has 0 atom stereocenters. The summed E-state index contributed by atoms with van der Waals surface area (Å²) in [6.45, 7) is 6.76. The van der Waals surface area contributed by atoms with Crippen LogP contribution >= 0.6 is 0 Å². The molecular weight excluding hydrogens is 350 g/mol. The van der Waals surface area contributed by atoms with Crippen molar-refractivity contribution in [1.82, 2.24) is 14.4 Å². The summed E-state index contributed by atoms with van der Waals surface area (Å²) in [4.78, 5) is 0.180. The molecule has 3 aromatic rings. The maximum absolute atomic E-state index is 13.1. The fourth-order valence-corrected chi connectivity index (χ4v) is 3.98. The number of hydrogen-bond acceptors (Lipinski definition) is 5. The summed E-state index contributed by atoms with van der Waals surface area (Å²) in [5.74, 6) is 0.866. The number of para-hydroxylation sites is 1. The van der Waals surface area contributed by atoms with Gasteiger partial charge in [-0.25, -0.2) is 0 Å². The number of ether oxygens (including phenoxy) is 1. The molecular formula is C19H23N3O3S. The van der Waals surface area contributed by atoms with Crippen molar-refractivity contribution in [3.05, 3.63) is 48.0 Å². The first kappa shape index (κ1) is 18.4. The lowest BCUT2D eigenvalue weighted by Crippen LogP contribution is -2.15. The minimum absolute atomic E-state index is 0.134. The molecule has 0 bridgehead atoms. The molecule has 0 radical (unpaired) electrons. The van der Waals surface area contributed by atoms with Crippen LogP contribution in [0.3, 0.4) is 0 Å². The van der Waals surface area contributed by atoms with Crippen LogP contribution in [0.1, 0.15) is 45.1 Å². The van der Waals surface area contributed by atoms with Crippen molar-refractivity contribution in [1.29, 1.82) is 0 Å². The van der Waals surface area contributed by atoms with Gasteiger partial charge in [0.2, 0.25) is 0 Å². The Morgan fingerprint density at radius 3 is 2.65 bits per heavy atom. The molecule has 0 aliphatic rings. The van der Waals surface area contributed by atoms with Crippen LogP contribution in [-0.4, -0.2) is 29.4 Å². The molecule has 0 fully saturated rings. The molecule has 2 aromatic carbocycles. The summed E-state index contributed by atoms with van der Waals surface area (Å²) in [5.41, 5.74) is 1.87. The summed E-state index contributed by atoms with van der Waals surface area (Å²) in [7, 11) is -3.83. The van der Waals surface area contributed by atoms with Gasteiger partial charge in [-0.05, 0) is 48.2 Å². The van der Waals surface area contributed by atoms with Crippen molar-refractivity contribution >= 4 is 21.1 Å². The van der Waals surface area contributed by atoms with E-state index in [1.54, 1.807) is 42.5 Å². The Balaban J connectivity index is 2.03. The highest BCUT2D eigenvalue weighted by atomic mass is 32.2. The van der Waals surface area contributed by atoms with E-state index in [9.17, 15) is 8.42 Å². The quantitative estimate of drug-likeness (QED) is 0.586. The van der Waals surface area contributed by atoms with Gasteiger partial charge in [-0.15, -0.1) is 9.19 Å². The Morgan fingerprint density at radius 2 is 1.92 bits per heavy atom. The van der Waals surface area contributed by atoms with Gasteiger partial charge in [0, 0.05) is 0 Å². The number of hydrogen-bond donors (Lipinski definition) is 0. The van der Waals surface area contributed by atoms with Gasteiger partial charge >= 0.3 is 0 Å². The first-order valence-corrected chi connectivity index (χ1v) is 10.2. The van der Waals surface area contributed by atoms with Crippen LogP contribution in [0.25, 0.3) is 11.0 Å². The minimum Gasteiger partial charge on any atom is -0.493 e. The zero-order valence-electron chi connectivity index (χ0n) is 15.2. The fraction of sp³-hybridized carbons (Fsp3) is 0.368. The van der Waals surface area contributed by atoms with Gasteiger partial charge in [-0.3, -0.25) is 0 Å². The lowest BCUT2D eigenvalue weighted by atomic mass is 10.0. The molecule has 1 heterocycles. The van der Waals surface area contributed by atoms with E-state index in [1.807, 2.05) is 13.8 Å². The standard InChI is InChI=1S/C19H23N3O3S/c1-4-5-12-25-19-11-10-15(13-16(19)14(2)3)26(23,24)22-18-9-7-6-8-17(18)20-21-22/h6-11,13-14H,4-5,12H2,1-3H3. The second-order valence-electron chi connectivity index (χ2n) is 6.48. The minimum atomic E-state index is -3.83. The third kappa shape index (κ3) is 3.44. The normalized spacial score (nSPS) is 12.0. The van der Waals surface area contributed by atoms with Gasteiger partial charge in [-0.1, -0.05) is 44.5 Å². The number of nitrogens with zero attached hydrogens (tertiary/aromatic N) is 3. The Morgan fingerprint density at radius 1 is 1.15 bits per heavy atom. The largest absolute Gasteiger partial charge is 0.493 e. The van der Waals surface area contributed by atoms with E-state index >= 15 is 0 Å². The predicted molar refractivity (Wildman–Crippen MR) is 101 cm³/mol. The van der Waals surface area contributed by atoms with Gasteiger partial charge in [-0.2, -0.15) is 8.42 Å². The van der Waals surface area contributed by atoms with E-state index in [1.165, 1.54) is 0 Å². The molecule has 0 spiro atoms. The molecule has 0 unspecified atom stereocenters. The van der Waals surface area contributed by atoms with Gasteiger partial charge < -0.3 is 4.74 Å². The molecule has 138 valence electrons. The first-order valence-electron chi connectivity index (χ1n) is 8.78. The number of benzene rings is 2. The average Bonchev–Trinajstić information content (AvgIpc) is 3.06. The lowest BCUT2D eigenvalue weighted by Gasteiger charge is -2.15. The zero-order valence-corrected chi connectivity index (χ0v) is 16.0. The van der Waals surface area contributed by atoms with Crippen molar-refractivity contribution in [2.75, 3.05) is 6.61 Å².